The smallest absolute Gasteiger partial charge is 0.255 e. The third kappa shape index (κ3) is 4.99. The fourth-order valence-electron chi connectivity index (χ4n) is 4.61. The van der Waals surface area contributed by atoms with Crippen molar-refractivity contribution >= 4 is 57.1 Å². The van der Waals surface area contributed by atoms with E-state index in [1.54, 1.807) is 0 Å². The van der Waals surface area contributed by atoms with Gasteiger partial charge in [-0.2, -0.15) is 0 Å². The van der Waals surface area contributed by atoms with Crippen LogP contribution in [0.5, 0.6) is 0 Å². The van der Waals surface area contributed by atoms with Gasteiger partial charge in [-0.1, -0.05) is 44.0 Å². The Kier molecular flexibility index (Phi) is 5.91. The molecule has 7 nitrogen and oxygen atoms in total. The largest absolute Gasteiger partial charge is 0.460 e. The van der Waals surface area contributed by atoms with Gasteiger partial charge in [0.05, 0.1) is 32.7 Å². The van der Waals surface area contributed by atoms with Crippen LogP contribution in [0, 0.1) is 12.3 Å². The predicted octanol–water partition coefficient (Wildman–Crippen LogP) is 6.62. The summed E-state index contributed by atoms with van der Waals surface area (Å²) in [6.45, 7) is 12.4. The fraction of sp³-hybridized carbons (Fsp3) is 0.417. The summed E-state index contributed by atoms with van der Waals surface area (Å²) in [6, 6.07) is 3.74. The number of nitrogens with zero attached hydrogens (tertiary/aromatic N) is 1. The van der Waals surface area contributed by atoms with E-state index in [9.17, 15) is 4.79 Å². The van der Waals surface area contributed by atoms with Crippen molar-refractivity contribution in [3.63, 3.8) is 0 Å². The second-order valence-corrected chi connectivity index (χ2v) is 11.2. The zero-order valence-corrected chi connectivity index (χ0v) is 21.1. The summed E-state index contributed by atoms with van der Waals surface area (Å²) >= 11 is 12.5. The SMILES string of the molecule is Cc1cc2c3c(cc(C(=O)NC(C)(C)CC(C)(C)C)c2o1)NC(Nc1c(Cl)cncc1Cl)N3. The van der Waals surface area contributed by atoms with E-state index >= 15 is 0 Å². The first-order valence-corrected chi connectivity index (χ1v) is 11.6. The molecular weight excluding hydrogens is 461 g/mol. The lowest BCUT2D eigenvalue weighted by molar-refractivity contribution is 0.0892. The molecule has 4 N–H and O–H groups in total. The molecule has 4 rings (SSSR count). The molecule has 1 aliphatic heterocycles. The summed E-state index contributed by atoms with van der Waals surface area (Å²) in [5, 5.41) is 14.8. The summed E-state index contributed by atoms with van der Waals surface area (Å²) in [4.78, 5) is 17.3. The van der Waals surface area contributed by atoms with Gasteiger partial charge >= 0.3 is 0 Å². The molecule has 0 saturated carbocycles. The van der Waals surface area contributed by atoms with Crippen LogP contribution in [0.2, 0.25) is 10.0 Å². The minimum atomic E-state index is -0.397. The van der Waals surface area contributed by atoms with Crippen LogP contribution in [0.1, 0.15) is 57.2 Å². The lowest BCUT2D eigenvalue weighted by Gasteiger charge is -2.33. The standard InChI is InChI=1S/C24H29Cl2N5O2/c1-12-7-13-18-17(28-22(29-18)30-19-15(25)9-27-10-16(19)26)8-14(20(13)33-12)21(32)31-24(5,6)11-23(2,3)4/h7-10,22,28-29H,11H2,1-6H3,(H,27,30)(H,31,32). The van der Waals surface area contributed by atoms with E-state index in [4.69, 9.17) is 27.6 Å². The maximum atomic E-state index is 13.4. The van der Waals surface area contributed by atoms with Crippen molar-refractivity contribution < 1.29 is 9.21 Å². The zero-order chi connectivity index (χ0) is 24.1. The number of aryl methyl sites for hydroxylation is 1. The van der Waals surface area contributed by atoms with Gasteiger partial charge < -0.3 is 25.7 Å². The monoisotopic (exact) mass is 489 g/mol. The van der Waals surface area contributed by atoms with Crippen LogP contribution in [0.15, 0.2) is 28.9 Å². The van der Waals surface area contributed by atoms with Gasteiger partial charge in [0.1, 0.15) is 11.3 Å². The number of carbonyl (C=O) groups is 1. The van der Waals surface area contributed by atoms with Crippen LogP contribution in [0.4, 0.5) is 17.1 Å². The number of benzene rings is 1. The van der Waals surface area contributed by atoms with Crippen LogP contribution in [0.25, 0.3) is 11.0 Å². The van der Waals surface area contributed by atoms with E-state index in [1.807, 2.05) is 32.9 Å². The average molecular weight is 490 g/mol. The van der Waals surface area contributed by atoms with E-state index < -0.39 is 6.29 Å². The van der Waals surface area contributed by atoms with E-state index in [0.717, 1.165) is 28.9 Å². The Morgan fingerprint density at radius 2 is 1.79 bits per heavy atom. The summed E-state index contributed by atoms with van der Waals surface area (Å²) in [5.74, 6) is 0.546. The molecule has 176 valence electrons. The molecule has 1 unspecified atom stereocenters. The van der Waals surface area contributed by atoms with Crippen molar-refractivity contribution in [2.24, 2.45) is 5.41 Å². The van der Waals surface area contributed by atoms with Crippen LogP contribution in [-0.2, 0) is 0 Å². The summed E-state index contributed by atoms with van der Waals surface area (Å²) in [7, 11) is 0. The molecule has 33 heavy (non-hydrogen) atoms. The molecule has 0 bridgehead atoms. The first kappa shape index (κ1) is 23.5. The molecule has 2 aromatic heterocycles. The minimum Gasteiger partial charge on any atom is -0.460 e. The van der Waals surface area contributed by atoms with E-state index in [0.29, 0.717) is 26.9 Å². The molecule has 0 aliphatic carbocycles. The minimum absolute atomic E-state index is 0.0746. The van der Waals surface area contributed by atoms with Crippen molar-refractivity contribution in [3.8, 4) is 0 Å². The molecule has 3 aromatic rings. The van der Waals surface area contributed by atoms with Crippen LogP contribution >= 0.6 is 23.2 Å². The van der Waals surface area contributed by atoms with Crippen LogP contribution < -0.4 is 21.3 Å². The van der Waals surface area contributed by atoms with Gasteiger partial charge in [-0.15, -0.1) is 0 Å². The number of hydrogen-bond donors (Lipinski definition) is 4. The highest BCUT2D eigenvalue weighted by Crippen LogP contribution is 2.41. The number of pyridine rings is 1. The topological polar surface area (TPSA) is 91.2 Å². The normalized spacial score (nSPS) is 15.7. The van der Waals surface area contributed by atoms with Crippen LogP contribution in [-0.4, -0.2) is 22.7 Å². The average Bonchev–Trinajstić information content (AvgIpc) is 3.23. The lowest BCUT2D eigenvalue weighted by atomic mass is 9.81. The second kappa shape index (κ2) is 8.29. The molecule has 1 aliphatic rings. The van der Waals surface area contributed by atoms with Gasteiger partial charge in [0.2, 0.25) is 0 Å². The highest BCUT2D eigenvalue weighted by molar-refractivity contribution is 6.38. The molecular formula is C24H29Cl2N5O2. The Hall–Kier alpha value is -2.64. The predicted molar refractivity (Wildman–Crippen MR) is 135 cm³/mol. The Bertz CT molecular complexity index is 1210. The fourth-order valence-corrected chi connectivity index (χ4v) is 5.09. The summed E-state index contributed by atoms with van der Waals surface area (Å²) < 4.78 is 5.95. The Morgan fingerprint density at radius 1 is 1.12 bits per heavy atom. The number of aromatic nitrogens is 1. The number of anilines is 3. The molecule has 1 aromatic carbocycles. The van der Waals surface area contributed by atoms with Crippen molar-refractivity contribution in [2.45, 2.75) is 59.8 Å². The number of halogens is 2. The maximum absolute atomic E-state index is 13.4. The number of fused-ring (bicyclic) bond motifs is 3. The summed E-state index contributed by atoms with van der Waals surface area (Å²) in [6.07, 6.45) is 3.48. The van der Waals surface area contributed by atoms with Gasteiger partial charge in [-0.3, -0.25) is 9.78 Å². The molecule has 0 radical (unpaired) electrons. The first-order chi connectivity index (χ1) is 15.3. The Balaban J connectivity index is 1.65. The Labute approximate surface area is 203 Å². The van der Waals surface area contributed by atoms with E-state index in [1.165, 1.54) is 12.4 Å². The number of amides is 1. The number of furan rings is 1. The molecule has 0 spiro atoms. The van der Waals surface area contributed by atoms with Gasteiger partial charge in [0.25, 0.3) is 5.91 Å². The Morgan fingerprint density at radius 3 is 2.42 bits per heavy atom. The van der Waals surface area contributed by atoms with Crippen molar-refractivity contribution in [3.05, 3.63) is 45.9 Å². The molecule has 9 heteroatoms. The number of nitrogens with one attached hydrogen (secondary N) is 4. The molecule has 1 amide bonds. The zero-order valence-electron chi connectivity index (χ0n) is 19.6. The lowest BCUT2D eigenvalue weighted by Crippen LogP contribution is -2.45. The maximum Gasteiger partial charge on any atom is 0.255 e. The third-order valence-electron chi connectivity index (χ3n) is 5.33. The third-order valence-corrected chi connectivity index (χ3v) is 5.90. The highest BCUT2D eigenvalue weighted by Gasteiger charge is 2.31. The van der Waals surface area contributed by atoms with Gasteiger partial charge in [-0.25, -0.2) is 0 Å². The molecule has 0 fully saturated rings. The second-order valence-electron chi connectivity index (χ2n) is 10.4. The summed E-state index contributed by atoms with van der Waals surface area (Å²) in [5.41, 5.74) is 2.90. The van der Waals surface area contributed by atoms with E-state index in [-0.39, 0.29) is 16.9 Å². The highest BCUT2D eigenvalue weighted by atomic mass is 35.5. The quantitative estimate of drug-likeness (QED) is 0.321. The number of hydrogen-bond acceptors (Lipinski definition) is 6. The van der Waals surface area contributed by atoms with Crippen molar-refractivity contribution in [1.82, 2.24) is 10.3 Å². The number of rotatable bonds is 5. The van der Waals surface area contributed by atoms with Crippen LogP contribution in [0.3, 0.4) is 0 Å². The van der Waals surface area contributed by atoms with Gasteiger partial charge in [-0.05, 0) is 44.7 Å². The van der Waals surface area contributed by atoms with Crippen molar-refractivity contribution in [1.29, 1.82) is 0 Å². The molecule has 3 heterocycles. The van der Waals surface area contributed by atoms with Crippen molar-refractivity contribution in [2.75, 3.05) is 16.0 Å². The van der Waals surface area contributed by atoms with Gasteiger partial charge in [0, 0.05) is 23.3 Å². The molecule has 0 saturated heterocycles. The van der Waals surface area contributed by atoms with Gasteiger partial charge in [0.15, 0.2) is 6.29 Å². The molecule has 1 atom stereocenters. The first-order valence-electron chi connectivity index (χ1n) is 10.8. The number of carbonyl (C=O) groups excluding carboxylic acids is 1. The van der Waals surface area contributed by atoms with E-state index in [2.05, 4.69) is 47.0 Å².